The highest BCUT2D eigenvalue weighted by Crippen LogP contribution is 2.25. The van der Waals surface area contributed by atoms with Gasteiger partial charge in [0.15, 0.2) is 6.73 Å². The van der Waals surface area contributed by atoms with Crippen molar-refractivity contribution in [1.82, 2.24) is 19.4 Å². The van der Waals surface area contributed by atoms with Gasteiger partial charge in [-0.25, -0.2) is 13.9 Å². The molecule has 4 heterocycles. The molecule has 0 spiro atoms. The predicted octanol–water partition coefficient (Wildman–Crippen LogP) is -0.853. The average Bonchev–Trinajstić information content (AvgIpc) is 2.97. The number of pyridine rings is 1. The Hall–Kier alpha value is -4.65. The van der Waals surface area contributed by atoms with Gasteiger partial charge in [0, 0.05) is 45.5 Å². The third-order valence-electron chi connectivity index (χ3n) is 7.71. The molecular weight excluding hydrogens is 535 g/mol. The first-order chi connectivity index (χ1) is 19.7. The lowest BCUT2D eigenvalue weighted by Crippen LogP contribution is -2.64. The lowest BCUT2D eigenvalue weighted by atomic mass is 9.98. The summed E-state index contributed by atoms with van der Waals surface area (Å²) in [6, 6.07) is 9.87. The van der Waals surface area contributed by atoms with E-state index < -0.39 is 29.2 Å². The number of benzene rings is 1. The lowest BCUT2D eigenvalue weighted by molar-refractivity contribution is 0.0692. The molecule has 0 saturated carbocycles. The molecule has 1 aliphatic carbocycles. The van der Waals surface area contributed by atoms with Gasteiger partial charge >= 0.3 is 5.97 Å². The normalized spacial score (nSPS) is 20.2. The maximum absolute atomic E-state index is 15.7. The van der Waals surface area contributed by atoms with E-state index in [9.17, 15) is 19.5 Å². The number of anilines is 1. The smallest absolute Gasteiger partial charge is 0.341 e. The molecule has 0 radical (unpaired) electrons. The zero-order valence-corrected chi connectivity index (χ0v) is 22.6. The number of piperazine rings is 1. The summed E-state index contributed by atoms with van der Waals surface area (Å²) in [5.74, 6) is 0.291. The summed E-state index contributed by atoms with van der Waals surface area (Å²) in [5.41, 5.74) is -0.499. The standard InChI is InChI=1S/C28H29FN6O6/c1-31-16-41-27-24-19(26(37)20(28(38)39)15-35(24)31)13-21(29)25(27)33-10-8-32(9-11-33)22-6-7-23(36)34(30-22)14-17-4-3-5-18(12-17)40-2/h3-7,12-13,15,21,25H,8-11,14,16H2,1-2H3,(H,38,39). The number of carboxylic acids is 1. The summed E-state index contributed by atoms with van der Waals surface area (Å²) in [7, 11) is 3.29. The Bertz CT molecular complexity index is 1760. The van der Waals surface area contributed by atoms with Crippen LogP contribution in [0.15, 0.2) is 52.2 Å². The van der Waals surface area contributed by atoms with Crippen LogP contribution in [0.2, 0.25) is 0 Å². The van der Waals surface area contributed by atoms with Crippen molar-refractivity contribution in [3.8, 4) is 5.75 Å². The molecule has 0 amide bonds. The first-order valence-corrected chi connectivity index (χ1v) is 13.2. The Labute approximate surface area is 233 Å². The molecule has 6 rings (SSSR count). The zero-order valence-electron chi connectivity index (χ0n) is 22.6. The van der Waals surface area contributed by atoms with Crippen LogP contribution in [0, 0.1) is 0 Å². The van der Waals surface area contributed by atoms with Gasteiger partial charge in [-0.3, -0.25) is 24.2 Å². The third-order valence-corrected chi connectivity index (χ3v) is 7.71. The molecule has 2 atom stereocenters. The minimum absolute atomic E-state index is 0.00340. The van der Waals surface area contributed by atoms with E-state index in [1.54, 1.807) is 29.9 Å². The quantitative estimate of drug-likeness (QED) is 0.405. The number of ether oxygens (including phenoxy) is 2. The van der Waals surface area contributed by atoms with Crippen LogP contribution in [0.3, 0.4) is 0 Å². The monoisotopic (exact) mass is 564 g/mol. The summed E-state index contributed by atoms with van der Waals surface area (Å²) < 4.78 is 29.9. The van der Waals surface area contributed by atoms with Gasteiger partial charge in [-0.15, -0.1) is 0 Å². The molecule has 2 aromatic heterocycles. The van der Waals surface area contributed by atoms with Crippen LogP contribution in [0.1, 0.15) is 15.9 Å². The van der Waals surface area contributed by atoms with Crippen LogP contribution in [0.25, 0.3) is 11.8 Å². The topological polar surface area (TPSA) is 122 Å². The van der Waals surface area contributed by atoms with Crippen molar-refractivity contribution in [3.63, 3.8) is 0 Å². The second kappa shape index (κ2) is 10.4. The second-order valence-corrected chi connectivity index (χ2v) is 10.2. The van der Waals surface area contributed by atoms with Crippen LogP contribution >= 0.6 is 0 Å². The van der Waals surface area contributed by atoms with E-state index in [2.05, 4.69) is 5.10 Å². The number of aromatic nitrogens is 3. The molecule has 41 heavy (non-hydrogen) atoms. The number of hydrogen-bond acceptors (Lipinski definition) is 9. The molecule has 2 unspecified atom stereocenters. The van der Waals surface area contributed by atoms with E-state index in [1.807, 2.05) is 34.1 Å². The number of alkyl halides is 1. The number of rotatable bonds is 6. The van der Waals surface area contributed by atoms with E-state index in [0.717, 1.165) is 5.56 Å². The minimum Gasteiger partial charge on any atom is -0.497 e. The number of halogens is 1. The molecule has 1 fully saturated rings. The molecule has 214 valence electrons. The lowest BCUT2D eigenvalue weighted by Gasteiger charge is -2.43. The van der Waals surface area contributed by atoms with Gasteiger partial charge in [0.1, 0.15) is 40.5 Å². The van der Waals surface area contributed by atoms with Crippen molar-refractivity contribution in [2.75, 3.05) is 57.0 Å². The van der Waals surface area contributed by atoms with Crippen molar-refractivity contribution < 1.29 is 23.8 Å². The van der Waals surface area contributed by atoms with Crippen LogP contribution in [0.5, 0.6) is 5.75 Å². The molecular formula is C28H29FN6O6. The number of nitrogens with zero attached hydrogens (tertiary/aromatic N) is 6. The number of carboxylic acid groups (broad SMARTS) is 1. The molecule has 1 aromatic carbocycles. The molecule has 2 aliphatic heterocycles. The number of carbonyl (C=O) groups is 1. The highest BCUT2D eigenvalue weighted by Gasteiger charge is 2.39. The number of hydrogen-bond donors (Lipinski definition) is 1. The largest absolute Gasteiger partial charge is 0.497 e. The number of methoxy groups -OCH3 is 1. The summed E-state index contributed by atoms with van der Waals surface area (Å²) in [6.07, 6.45) is 0.903. The Morgan fingerprint density at radius 2 is 1.95 bits per heavy atom. The van der Waals surface area contributed by atoms with Gasteiger partial charge in [-0.2, -0.15) is 5.10 Å². The van der Waals surface area contributed by atoms with Gasteiger partial charge < -0.3 is 19.5 Å². The fourth-order valence-electron chi connectivity index (χ4n) is 5.62. The van der Waals surface area contributed by atoms with E-state index in [1.165, 1.54) is 23.0 Å². The molecule has 13 heteroatoms. The Kier molecular flexibility index (Phi) is 6.73. The van der Waals surface area contributed by atoms with Crippen molar-refractivity contribution >= 4 is 23.6 Å². The molecule has 3 aromatic rings. The van der Waals surface area contributed by atoms with Gasteiger partial charge in [-0.1, -0.05) is 12.1 Å². The first kappa shape index (κ1) is 26.6. The summed E-state index contributed by atoms with van der Waals surface area (Å²) in [4.78, 5) is 41.1. The van der Waals surface area contributed by atoms with Crippen molar-refractivity contribution in [1.29, 1.82) is 0 Å². The maximum Gasteiger partial charge on any atom is 0.341 e. The highest BCUT2D eigenvalue weighted by atomic mass is 19.1. The highest BCUT2D eigenvalue weighted by molar-refractivity contribution is 5.87. The van der Waals surface area contributed by atoms with E-state index in [4.69, 9.17) is 9.47 Å². The SMILES string of the molecule is COc1cccc(Cn2nc(N3CCN(C4C5=c6c(c(=O)c(C(=O)O)cn6N(C)CO5)=CC4F)CC3)ccc2=O)c1. The first-order valence-electron chi connectivity index (χ1n) is 13.2. The molecule has 12 nitrogen and oxygen atoms in total. The van der Waals surface area contributed by atoms with Gasteiger partial charge in [0.2, 0.25) is 5.43 Å². The van der Waals surface area contributed by atoms with Gasteiger partial charge in [0.25, 0.3) is 5.56 Å². The van der Waals surface area contributed by atoms with Crippen molar-refractivity contribution in [2.24, 2.45) is 0 Å². The van der Waals surface area contributed by atoms with E-state index in [-0.39, 0.29) is 17.5 Å². The Balaban J connectivity index is 1.25. The fraction of sp³-hybridized carbons (Fsp3) is 0.357. The Morgan fingerprint density at radius 3 is 2.68 bits per heavy atom. The Morgan fingerprint density at radius 1 is 1.17 bits per heavy atom. The van der Waals surface area contributed by atoms with Gasteiger partial charge in [-0.05, 0) is 29.8 Å². The van der Waals surface area contributed by atoms with E-state index in [0.29, 0.717) is 55.4 Å². The van der Waals surface area contributed by atoms with Crippen LogP contribution in [0.4, 0.5) is 10.2 Å². The summed E-state index contributed by atoms with van der Waals surface area (Å²) in [5, 5.41) is 16.1. The van der Waals surface area contributed by atoms with E-state index >= 15 is 4.39 Å². The zero-order chi connectivity index (χ0) is 28.8. The molecule has 1 saturated heterocycles. The predicted molar refractivity (Wildman–Crippen MR) is 148 cm³/mol. The average molecular weight is 565 g/mol. The third kappa shape index (κ3) is 4.71. The molecule has 1 N–H and O–H groups in total. The van der Waals surface area contributed by atoms with Crippen molar-refractivity contribution in [2.45, 2.75) is 18.8 Å². The van der Waals surface area contributed by atoms with Crippen molar-refractivity contribution in [3.05, 3.63) is 84.9 Å². The molecule has 3 aliphatic rings. The van der Waals surface area contributed by atoms with Gasteiger partial charge in [0.05, 0.1) is 18.9 Å². The minimum atomic E-state index is -1.57. The second-order valence-electron chi connectivity index (χ2n) is 10.2. The number of aromatic carboxylic acids is 1. The van der Waals surface area contributed by atoms with Crippen LogP contribution in [-0.2, 0) is 11.3 Å². The van der Waals surface area contributed by atoms with Crippen LogP contribution < -0.4 is 36.2 Å². The maximum atomic E-state index is 15.7. The fourth-order valence-corrected chi connectivity index (χ4v) is 5.62. The summed E-state index contributed by atoms with van der Waals surface area (Å²) >= 11 is 0. The summed E-state index contributed by atoms with van der Waals surface area (Å²) in [6.45, 7) is 2.37. The van der Waals surface area contributed by atoms with Crippen LogP contribution in [-0.4, -0.2) is 89.7 Å². The molecule has 0 bridgehead atoms.